The van der Waals surface area contributed by atoms with Crippen LogP contribution in [0.2, 0.25) is 0 Å². The highest BCUT2D eigenvalue weighted by Crippen LogP contribution is 2.31. The lowest BCUT2D eigenvalue weighted by Gasteiger charge is -2.23. The molecule has 0 aromatic heterocycles. The summed E-state index contributed by atoms with van der Waals surface area (Å²) in [4.78, 5) is 11.2. The van der Waals surface area contributed by atoms with Gasteiger partial charge in [-0.3, -0.25) is 0 Å². The van der Waals surface area contributed by atoms with Crippen LogP contribution in [-0.4, -0.2) is 37.9 Å². The van der Waals surface area contributed by atoms with E-state index < -0.39 is 5.97 Å². The summed E-state index contributed by atoms with van der Waals surface area (Å²) in [5.74, 6) is 0.197. The van der Waals surface area contributed by atoms with E-state index in [1.165, 1.54) is 13.2 Å². The molecule has 5 nitrogen and oxygen atoms in total. The lowest BCUT2D eigenvalue weighted by Crippen LogP contribution is -2.33. The molecular weight excluding hydrogens is 246 g/mol. The molecule has 19 heavy (non-hydrogen) atoms. The van der Waals surface area contributed by atoms with Crippen molar-refractivity contribution in [1.82, 2.24) is 5.32 Å². The van der Waals surface area contributed by atoms with E-state index in [-0.39, 0.29) is 5.56 Å². The van der Waals surface area contributed by atoms with Gasteiger partial charge in [0.2, 0.25) is 0 Å². The summed E-state index contributed by atoms with van der Waals surface area (Å²) in [5, 5.41) is 12.5. The van der Waals surface area contributed by atoms with Gasteiger partial charge >= 0.3 is 5.97 Å². The van der Waals surface area contributed by atoms with Crippen LogP contribution in [-0.2, 0) is 0 Å². The van der Waals surface area contributed by atoms with Crippen molar-refractivity contribution in [3.05, 3.63) is 23.8 Å². The normalized spacial score (nSPS) is 18.9. The predicted octanol–water partition coefficient (Wildman–Crippen LogP) is 1.77. The third-order valence-electron chi connectivity index (χ3n) is 3.29. The molecule has 5 heteroatoms. The number of para-hydroxylation sites is 1. The van der Waals surface area contributed by atoms with Crippen LogP contribution in [0.1, 0.15) is 23.2 Å². The van der Waals surface area contributed by atoms with Gasteiger partial charge in [-0.25, -0.2) is 4.79 Å². The summed E-state index contributed by atoms with van der Waals surface area (Å²) in [7, 11) is 1.51. The summed E-state index contributed by atoms with van der Waals surface area (Å²) in [6.45, 7) is 2.47. The fourth-order valence-corrected chi connectivity index (χ4v) is 2.26. The van der Waals surface area contributed by atoms with Crippen molar-refractivity contribution in [1.29, 1.82) is 0 Å². The first-order valence-corrected chi connectivity index (χ1v) is 6.46. The average molecular weight is 265 g/mol. The number of aromatic carboxylic acids is 1. The van der Waals surface area contributed by atoms with E-state index in [4.69, 9.17) is 9.47 Å². The molecule has 2 rings (SSSR count). The van der Waals surface area contributed by atoms with Crippen molar-refractivity contribution in [3.63, 3.8) is 0 Å². The number of carbonyl (C=O) groups is 1. The van der Waals surface area contributed by atoms with E-state index in [1.54, 1.807) is 12.1 Å². The fraction of sp³-hybridized carbons (Fsp3) is 0.500. The molecule has 104 valence electrons. The van der Waals surface area contributed by atoms with Crippen molar-refractivity contribution in [3.8, 4) is 11.5 Å². The molecule has 0 bridgehead atoms. The standard InChI is InChI=1S/C14H19NO4/c1-18-12-6-2-5-11(14(16)17)13(12)19-9-10-4-3-7-15-8-10/h2,5-6,10,15H,3-4,7-9H2,1H3,(H,16,17). The number of benzene rings is 1. The molecule has 0 aliphatic carbocycles. The Bertz CT molecular complexity index is 441. The SMILES string of the molecule is COc1cccc(C(=O)O)c1OCC1CCCNC1. The van der Waals surface area contributed by atoms with Gasteiger partial charge < -0.3 is 19.9 Å². The van der Waals surface area contributed by atoms with Crippen molar-refractivity contribution >= 4 is 5.97 Å². The number of hydrogen-bond donors (Lipinski definition) is 2. The highest BCUT2D eigenvalue weighted by atomic mass is 16.5. The number of methoxy groups -OCH3 is 1. The van der Waals surface area contributed by atoms with Crippen LogP contribution >= 0.6 is 0 Å². The Hall–Kier alpha value is -1.75. The van der Waals surface area contributed by atoms with E-state index in [9.17, 15) is 9.90 Å². The fourth-order valence-electron chi connectivity index (χ4n) is 2.26. The van der Waals surface area contributed by atoms with Crippen molar-refractivity contribution < 1.29 is 19.4 Å². The zero-order chi connectivity index (χ0) is 13.7. The van der Waals surface area contributed by atoms with E-state index in [1.807, 2.05) is 0 Å². The molecule has 1 saturated heterocycles. The number of nitrogens with one attached hydrogen (secondary N) is 1. The summed E-state index contributed by atoms with van der Waals surface area (Å²) in [6.07, 6.45) is 2.23. The van der Waals surface area contributed by atoms with Crippen LogP contribution in [0.3, 0.4) is 0 Å². The molecule has 1 aromatic carbocycles. The average Bonchev–Trinajstić information content (AvgIpc) is 2.45. The molecule has 0 saturated carbocycles. The summed E-state index contributed by atoms with van der Waals surface area (Å²) in [6, 6.07) is 4.89. The lowest BCUT2D eigenvalue weighted by molar-refractivity contribution is 0.0690. The molecule has 1 heterocycles. The maximum Gasteiger partial charge on any atom is 0.339 e. The predicted molar refractivity (Wildman–Crippen MR) is 71.0 cm³/mol. The molecular formula is C14H19NO4. The molecule has 0 spiro atoms. The number of ether oxygens (including phenoxy) is 2. The highest BCUT2D eigenvalue weighted by molar-refractivity contribution is 5.92. The van der Waals surface area contributed by atoms with Crippen LogP contribution in [0.25, 0.3) is 0 Å². The van der Waals surface area contributed by atoms with Gasteiger partial charge in [0.25, 0.3) is 0 Å². The van der Waals surface area contributed by atoms with Crippen LogP contribution < -0.4 is 14.8 Å². The van der Waals surface area contributed by atoms with Gasteiger partial charge in [-0.05, 0) is 31.5 Å². The first-order valence-electron chi connectivity index (χ1n) is 6.46. The highest BCUT2D eigenvalue weighted by Gasteiger charge is 2.19. The third kappa shape index (κ3) is 3.38. The van der Waals surface area contributed by atoms with Crippen LogP contribution in [0, 0.1) is 5.92 Å². The minimum Gasteiger partial charge on any atom is -0.493 e. The Morgan fingerprint density at radius 2 is 2.37 bits per heavy atom. The lowest BCUT2D eigenvalue weighted by atomic mass is 10.0. The molecule has 1 aromatic rings. The van der Waals surface area contributed by atoms with Crippen molar-refractivity contribution in [2.24, 2.45) is 5.92 Å². The van der Waals surface area contributed by atoms with Crippen molar-refractivity contribution in [2.75, 3.05) is 26.8 Å². The number of piperidine rings is 1. The van der Waals surface area contributed by atoms with Crippen LogP contribution in [0.4, 0.5) is 0 Å². The molecule has 2 N–H and O–H groups in total. The zero-order valence-electron chi connectivity index (χ0n) is 11.0. The first-order chi connectivity index (χ1) is 9.22. The number of rotatable bonds is 5. The topological polar surface area (TPSA) is 67.8 Å². The van der Waals surface area contributed by atoms with E-state index in [0.717, 1.165) is 25.9 Å². The summed E-state index contributed by atoms with van der Waals surface area (Å²) < 4.78 is 10.9. The number of carboxylic acids is 1. The second-order valence-electron chi connectivity index (χ2n) is 4.67. The Balaban J connectivity index is 2.10. The number of hydrogen-bond acceptors (Lipinski definition) is 4. The second-order valence-corrected chi connectivity index (χ2v) is 4.67. The van der Waals surface area contributed by atoms with Gasteiger partial charge in [-0.15, -0.1) is 0 Å². The molecule has 1 fully saturated rings. The van der Waals surface area contributed by atoms with Crippen LogP contribution in [0.15, 0.2) is 18.2 Å². The largest absolute Gasteiger partial charge is 0.493 e. The van der Waals surface area contributed by atoms with Crippen LogP contribution in [0.5, 0.6) is 11.5 Å². The minimum atomic E-state index is -1.00. The molecule has 1 unspecified atom stereocenters. The quantitative estimate of drug-likeness (QED) is 0.849. The monoisotopic (exact) mass is 265 g/mol. The molecule has 1 aliphatic heterocycles. The molecule has 0 radical (unpaired) electrons. The first kappa shape index (κ1) is 13.7. The molecule has 1 aliphatic rings. The minimum absolute atomic E-state index is 0.142. The maximum absolute atomic E-state index is 11.2. The van der Waals surface area contributed by atoms with Gasteiger partial charge in [0.15, 0.2) is 11.5 Å². The molecule has 1 atom stereocenters. The third-order valence-corrected chi connectivity index (χ3v) is 3.29. The Labute approximate surface area is 112 Å². The Kier molecular flexibility index (Phi) is 4.63. The van der Waals surface area contributed by atoms with E-state index in [2.05, 4.69) is 5.32 Å². The maximum atomic E-state index is 11.2. The van der Waals surface area contributed by atoms with Crippen molar-refractivity contribution in [2.45, 2.75) is 12.8 Å². The molecule has 0 amide bonds. The smallest absolute Gasteiger partial charge is 0.339 e. The summed E-state index contributed by atoms with van der Waals surface area (Å²) in [5.41, 5.74) is 0.142. The zero-order valence-corrected chi connectivity index (χ0v) is 11.0. The van der Waals surface area contributed by atoms with Gasteiger partial charge in [-0.1, -0.05) is 6.07 Å². The van der Waals surface area contributed by atoms with E-state index >= 15 is 0 Å². The summed E-state index contributed by atoms with van der Waals surface area (Å²) >= 11 is 0. The number of carboxylic acid groups (broad SMARTS) is 1. The van der Waals surface area contributed by atoms with Gasteiger partial charge in [-0.2, -0.15) is 0 Å². The van der Waals surface area contributed by atoms with Gasteiger partial charge in [0.05, 0.1) is 13.7 Å². The van der Waals surface area contributed by atoms with Gasteiger partial charge in [0.1, 0.15) is 5.56 Å². The Morgan fingerprint density at radius 1 is 1.53 bits per heavy atom. The van der Waals surface area contributed by atoms with E-state index in [0.29, 0.717) is 24.0 Å². The Morgan fingerprint density at radius 3 is 3.00 bits per heavy atom. The van der Waals surface area contributed by atoms with Gasteiger partial charge in [0, 0.05) is 12.5 Å². The second kappa shape index (κ2) is 6.43.